The van der Waals surface area contributed by atoms with Gasteiger partial charge in [-0.2, -0.15) is 0 Å². The van der Waals surface area contributed by atoms with Gasteiger partial charge in [0.25, 0.3) is 0 Å². The molecule has 0 atom stereocenters. The number of aromatic nitrogens is 1. The fraction of sp³-hybridized carbons (Fsp3) is 0.0769. The van der Waals surface area contributed by atoms with Gasteiger partial charge in [-0.15, -0.1) is 13.2 Å². The van der Waals surface area contributed by atoms with Gasteiger partial charge in [-0.1, -0.05) is 18.2 Å². The van der Waals surface area contributed by atoms with Gasteiger partial charge >= 0.3 is 12.5 Å². The molecule has 1 heterocycles. The van der Waals surface area contributed by atoms with Gasteiger partial charge in [0.2, 0.25) is 0 Å². The van der Waals surface area contributed by atoms with Crippen molar-refractivity contribution in [2.75, 3.05) is 4.90 Å². The zero-order chi connectivity index (χ0) is 15.5. The second-order valence-corrected chi connectivity index (χ2v) is 3.85. The Balaban J connectivity index is 2.38. The maximum Gasteiger partial charge on any atom is 0.573 e. The molecule has 1 N–H and O–H groups in total. The molecule has 8 heteroatoms. The van der Waals surface area contributed by atoms with Crippen molar-refractivity contribution in [3.8, 4) is 5.75 Å². The number of anilines is 2. The first-order valence-corrected chi connectivity index (χ1v) is 5.67. The van der Waals surface area contributed by atoms with Crippen molar-refractivity contribution >= 4 is 17.6 Å². The molecular formula is C13H9F3N2O3. The fourth-order valence-corrected chi connectivity index (χ4v) is 1.64. The van der Waals surface area contributed by atoms with Crippen LogP contribution < -0.4 is 9.64 Å². The van der Waals surface area contributed by atoms with E-state index in [-0.39, 0.29) is 11.5 Å². The summed E-state index contributed by atoms with van der Waals surface area (Å²) in [5, 5.41) is 9.23. The van der Waals surface area contributed by atoms with Crippen LogP contribution >= 0.6 is 0 Å². The standard InChI is InChI=1S/C13H9F3N2O3/c14-13(15,16)21-10-6-7-17-11(8-10)18(12(19)20)9-4-2-1-3-5-9/h1-8H,(H,19,20). The van der Waals surface area contributed by atoms with Crippen LogP contribution in [0.4, 0.5) is 29.5 Å². The Morgan fingerprint density at radius 3 is 2.43 bits per heavy atom. The summed E-state index contributed by atoms with van der Waals surface area (Å²) in [6, 6.07) is 9.75. The number of benzene rings is 1. The number of pyridine rings is 1. The number of para-hydroxylation sites is 1. The molecule has 0 saturated carbocycles. The maximum atomic E-state index is 12.2. The topological polar surface area (TPSA) is 62.7 Å². The van der Waals surface area contributed by atoms with Crippen molar-refractivity contribution in [1.29, 1.82) is 0 Å². The van der Waals surface area contributed by atoms with Gasteiger partial charge in [0.15, 0.2) is 0 Å². The smallest absolute Gasteiger partial charge is 0.464 e. The lowest BCUT2D eigenvalue weighted by Crippen LogP contribution is -2.25. The van der Waals surface area contributed by atoms with Crippen molar-refractivity contribution in [1.82, 2.24) is 4.98 Å². The van der Waals surface area contributed by atoms with Crippen LogP contribution in [0.3, 0.4) is 0 Å². The van der Waals surface area contributed by atoms with E-state index >= 15 is 0 Å². The summed E-state index contributed by atoms with van der Waals surface area (Å²) in [7, 11) is 0. The number of halogens is 3. The average molecular weight is 298 g/mol. The normalized spacial score (nSPS) is 11.0. The second kappa shape index (κ2) is 5.70. The lowest BCUT2D eigenvalue weighted by Gasteiger charge is -2.19. The third-order valence-corrected chi connectivity index (χ3v) is 2.39. The van der Waals surface area contributed by atoms with Crippen LogP contribution in [-0.2, 0) is 0 Å². The fourth-order valence-electron chi connectivity index (χ4n) is 1.64. The summed E-state index contributed by atoms with van der Waals surface area (Å²) in [4.78, 5) is 15.8. The summed E-state index contributed by atoms with van der Waals surface area (Å²) in [5.41, 5.74) is 0.252. The van der Waals surface area contributed by atoms with Gasteiger partial charge in [-0.25, -0.2) is 14.7 Å². The number of amides is 1. The first-order chi connectivity index (χ1) is 9.87. The van der Waals surface area contributed by atoms with E-state index in [2.05, 4.69) is 9.72 Å². The zero-order valence-corrected chi connectivity index (χ0v) is 10.4. The molecule has 0 aliphatic heterocycles. The Kier molecular flexibility index (Phi) is 3.97. The number of carboxylic acid groups (broad SMARTS) is 1. The predicted molar refractivity (Wildman–Crippen MR) is 67.5 cm³/mol. The van der Waals surface area contributed by atoms with E-state index in [1.807, 2.05) is 0 Å². The van der Waals surface area contributed by atoms with E-state index in [9.17, 15) is 23.1 Å². The van der Waals surface area contributed by atoms with E-state index in [0.717, 1.165) is 23.2 Å². The minimum Gasteiger partial charge on any atom is -0.464 e. The highest BCUT2D eigenvalue weighted by atomic mass is 19.4. The maximum absolute atomic E-state index is 12.2. The Bertz CT molecular complexity index is 632. The molecule has 0 fully saturated rings. The Labute approximate surface area is 117 Å². The Hall–Kier alpha value is -2.77. The molecule has 5 nitrogen and oxygen atoms in total. The number of carbonyl (C=O) groups is 1. The number of rotatable bonds is 3. The van der Waals surface area contributed by atoms with E-state index < -0.39 is 18.2 Å². The second-order valence-electron chi connectivity index (χ2n) is 3.85. The number of ether oxygens (including phenoxy) is 1. The van der Waals surface area contributed by atoms with Gasteiger partial charge in [-0.3, -0.25) is 0 Å². The molecular weight excluding hydrogens is 289 g/mol. The summed E-state index contributed by atoms with van der Waals surface area (Å²) in [6.45, 7) is 0. The molecule has 1 amide bonds. The van der Waals surface area contributed by atoms with Crippen LogP contribution in [-0.4, -0.2) is 22.5 Å². The van der Waals surface area contributed by atoms with Crippen LogP contribution in [0.15, 0.2) is 48.7 Å². The summed E-state index contributed by atoms with van der Waals surface area (Å²) in [6.07, 6.45) is -5.20. The molecule has 0 bridgehead atoms. The molecule has 110 valence electrons. The van der Waals surface area contributed by atoms with E-state index in [1.54, 1.807) is 18.2 Å². The SMILES string of the molecule is O=C(O)N(c1ccccc1)c1cc(OC(F)(F)F)ccn1. The zero-order valence-electron chi connectivity index (χ0n) is 10.4. The molecule has 1 aromatic heterocycles. The van der Waals surface area contributed by atoms with Crippen molar-refractivity contribution < 1.29 is 27.8 Å². The predicted octanol–water partition coefficient (Wildman–Crippen LogP) is 3.80. The molecule has 1 aromatic carbocycles. The van der Waals surface area contributed by atoms with Crippen LogP contribution in [0.5, 0.6) is 5.75 Å². The van der Waals surface area contributed by atoms with Crippen LogP contribution in [0.2, 0.25) is 0 Å². The summed E-state index contributed by atoms with van der Waals surface area (Å²) in [5.74, 6) is -0.745. The first-order valence-electron chi connectivity index (χ1n) is 5.67. The highest BCUT2D eigenvalue weighted by Gasteiger charge is 2.31. The largest absolute Gasteiger partial charge is 0.573 e. The molecule has 0 spiro atoms. The van der Waals surface area contributed by atoms with Crippen LogP contribution in [0, 0.1) is 0 Å². The molecule has 2 aromatic rings. The van der Waals surface area contributed by atoms with Gasteiger partial charge in [0.1, 0.15) is 11.6 Å². The van der Waals surface area contributed by atoms with Crippen molar-refractivity contribution in [2.45, 2.75) is 6.36 Å². The number of hydrogen-bond acceptors (Lipinski definition) is 3. The highest BCUT2D eigenvalue weighted by molar-refractivity contribution is 5.93. The number of alkyl halides is 3. The van der Waals surface area contributed by atoms with E-state index in [4.69, 9.17) is 0 Å². The Morgan fingerprint density at radius 2 is 1.86 bits per heavy atom. The van der Waals surface area contributed by atoms with Gasteiger partial charge in [0, 0.05) is 12.3 Å². The molecule has 0 saturated heterocycles. The number of hydrogen-bond donors (Lipinski definition) is 1. The average Bonchev–Trinajstić information content (AvgIpc) is 2.38. The van der Waals surface area contributed by atoms with E-state index in [0.29, 0.717) is 0 Å². The van der Waals surface area contributed by atoms with Gasteiger partial charge < -0.3 is 9.84 Å². The van der Waals surface area contributed by atoms with E-state index in [1.165, 1.54) is 12.1 Å². The minimum atomic E-state index is -4.86. The van der Waals surface area contributed by atoms with Crippen molar-refractivity contribution in [3.05, 3.63) is 48.7 Å². The van der Waals surface area contributed by atoms with Crippen molar-refractivity contribution in [2.24, 2.45) is 0 Å². The molecule has 0 radical (unpaired) electrons. The molecule has 2 rings (SSSR count). The number of nitrogens with zero attached hydrogens (tertiary/aromatic N) is 2. The molecule has 21 heavy (non-hydrogen) atoms. The highest BCUT2D eigenvalue weighted by Crippen LogP contribution is 2.29. The van der Waals surface area contributed by atoms with Gasteiger partial charge in [-0.05, 0) is 18.2 Å². The minimum absolute atomic E-state index is 0.199. The van der Waals surface area contributed by atoms with Crippen molar-refractivity contribution in [3.63, 3.8) is 0 Å². The molecule has 0 aliphatic rings. The molecule has 0 unspecified atom stereocenters. The monoisotopic (exact) mass is 298 g/mol. The quantitative estimate of drug-likeness (QED) is 0.936. The van der Waals surface area contributed by atoms with Crippen LogP contribution in [0.1, 0.15) is 0 Å². The summed E-state index contributed by atoms with van der Waals surface area (Å²) < 4.78 is 40.3. The lowest BCUT2D eigenvalue weighted by molar-refractivity contribution is -0.274. The van der Waals surface area contributed by atoms with Gasteiger partial charge in [0.05, 0.1) is 5.69 Å². The Morgan fingerprint density at radius 1 is 1.19 bits per heavy atom. The third kappa shape index (κ3) is 3.85. The van der Waals surface area contributed by atoms with Crippen LogP contribution in [0.25, 0.3) is 0 Å². The molecule has 0 aliphatic carbocycles. The lowest BCUT2D eigenvalue weighted by atomic mass is 10.3. The third-order valence-electron chi connectivity index (χ3n) is 2.39. The summed E-state index contributed by atoms with van der Waals surface area (Å²) >= 11 is 0. The first kappa shape index (κ1) is 14.6.